The van der Waals surface area contributed by atoms with Gasteiger partial charge in [-0.2, -0.15) is 0 Å². The summed E-state index contributed by atoms with van der Waals surface area (Å²) in [5.41, 5.74) is 3.91. The van der Waals surface area contributed by atoms with Gasteiger partial charge in [-0.15, -0.1) is 11.3 Å². The molecule has 3 aromatic rings. The van der Waals surface area contributed by atoms with E-state index in [-0.39, 0.29) is 11.8 Å². The second-order valence-corrected chi connectivity index (χ2v) is 7.70. The molecule has 1 fully saturated rings. The van der Waals surface area contributed by atoms with Crippen molar-refractivity contribution in [1.29, 1.82) is 0 Å². The summed E-state index contributed by atoms with van der Waals surface area (Å²) < 4.78 is 5.22. The number of nitrogens with zero attached hydrogens (tertiary/aromatic N) is 1. The molecule has 0 radical (unpaired) electrons. The molecule has 0 atom stereocenters. The van der Waals surface area contributed by atoms with E-state index in [0.29, 0.717) is 0 Å². The third-order valence-electron chi connectivity index (χ3n) is 4.49. The van der Waals surface area contributed by atoms with Gasteiger partial charge in [-0.05, 0) is 56.2 Å². The Labute approximate surface area is 156 Å². The lowest BCUT2D eigenvalue weighted by Gasteiger charge is -2.05. The fourth-order valence-corrected chi connectivity index (χ4v) is 3.79. The maximum Gasteiger partial charge on any atom is 0.227 e. The molecule has 0 saturated heterocycles. The summed E-state index contributed by atoms with van der Waals surface area (Å²) in [6.07, 6.45) is 2.00. The van der Waals surface area contributed by atoms with Crippen LogP contribution in [0, 0.1) is 12.8 Å². The van der Waals surface area contributed by atoms with E-state index in [1.54, 1.807) is 18.4 Å². The predicted molar refractivity (Wildman–Crippen MR) is 106 cm³/mol. The first kappa shape index (κ1) is 16.8. The Morgan fingerprint density at radius 2 is 1.92 bits per heavy atom. The maximum atomic E-state index is 12.0. The van der Waals surface area contributed by atoms with Crippen molar-refractivity contribution >= 4 is 22.9 Å². The molecule has 1 aliphatic rings. The number of rotatable bonds is 5. The number of nitrogens with one attached hydrogen (secondary N) is 1. The Balaban J connectivity index is 1.60. The van der Waals surface area contributed by atoms with Crippen molar-refractivity contribution < 1.29 is 9.53 Å². The Bertz CT molecular complexity index is 943. The minimum Gasteiger partial charge on any atom is -0.497 e. The number of aromatic nitrogens is 1. The first-order valence-electron chi connectivity index (χ1n) is 8.67. The fraction of sp³-hybridized carbons (Fsp3) is 0.238. The van der Waals surface area contributed by atoms with Crippen molar-refractivity contribution in [2.24, 2.45) is 5.92 Å². The van der Waals surface area contributed by atoms with Crippen LogP contribution in [-0.4, -0.2) is 18.0 Å². The number of aryl methyl sites for hydroxylation is 1. The van der Waals surface area contributed by atoms with E-state index in [4.69, 9.17) is 9.72 Å². The van der Waals surface area contributed by atoms with Gasteiger partial charge < -0.3 is 10.1 Å². The van der Waals surface area contributed by atoms with Crippen LogP contribution in [0.15, 0.2) is 48.5 Å². The van der Waals surface area contributed by atoms with Crippen LogP contribution in [0.5, 0.6) is 5.75 Å². The minimum atomic E-state index is 0.122. The van der Waals surface area contributed by atoms with E-state index in [2.05, 4.69) is 12.2 Å². The second kappa shape index (κ2) is 6.92. The highest BCUT2D eigenvalue weighted by Gasteiger charge is 2.29. The van der Waals surface area contributed by atoms with Gasteiger partial charge in [0, 0.05) is 27.6 Å². The van der Waals surface area contributed by atoms with Crippen LogP contribution < -0.4 is 10.1 Å². The zero-order chi connectivity index (χ0) is 18.1. The number of anilines is 1. The first-order chi connectivity index (χ1) is 12.6. The molecule has 2 aromatic carbocycles. The number of carbonyl (C=O) groups excluding carboxylic acids is 1. The van der Waals surface area contributed by atoms with Crippen molar-refractivity contribution in [3.63, 3.8) is 0 Å². The molecule has 1 heterocycles. The number of amides is 1. The summed E-state index contributed by atoms with van der Waals surface area (Å²) in [6.45, 7) is 2.08. The number of hydrogen-bond acceptors (Lipinski definition) is 4. The quantitative estimate of drug-likeness (QED) is 0.682. The van der Waals surface area contributed by atoms with Gasteiger partial charge in [0.05, 0.1) is 12.8 Å². The van der Waals surface area contributed by atoms with Gasteiger partial charge in [-0.1, -0.05) is 12.1 Å². The third-order valence-corrected chi connectivity index (χ3v) is 5.51. The number of methoxy groups -OCH3 is 1. The summed E-state index contributed by atoms with van der Waals surface area (Å²) in [6, 6.07) is 15.9. The largest absolute Gasteiger partial charge is 0.497 e. The Hall–Kier alpha value is -2.66. The number of thiazole rings is 1. The summed E-state index contributed by atoms with van der Waals surface area (Å²) in [4.78, 5) is 18.0. The van der Waals surface area contributed by atoms with Gasteiger partial charge in [0.1, 0.15) is 10.8 Å². The van der Waals surface area contributed by atoms with Crippen molar-refractivity contribution in [1.82, 2.24) is 4.98 Å². The topological polar surface area (TPSA) is 51.2 Å². The van der Waals surface area contributed by atoms with Gasteiger partial charge in [-0.3, -0.25) is 4.79 Å². The standard InChI is InChI=1S/C21H20N2O2S/c1-13-19(14-8-10-18(25-2)11-9-14)23-21(26-13)16-4-3-5-17(12-16)22-20(24)15-6-7-15/h3-5,8-12,15H,6-7H2,1-2H3,(H,22,24). The van der Waals surface area contributed by atoms with Crippen molar-refractivity contribution in [2.75, 3.05) is 12.4 Å². The molecule has 1 N–H and O–H groups in total. The van der Waals surface area contributed by atoms with Crippen LogP contribution in [0.4, 0.5) is 5.69 Å². The average Bonchev–Trinajstić information content (AvgIpc) is 3.44. The smallest absolute Gasteiger partial charge is 0.227 e. The Morgan fingerprint density at radius 3 is 2.62 bits per heavy atom. The summed E-state index contributed by atoms with van der Waals surface area (Å²) in [7, 11) is 1.66. The van der Waals surface area contributed by atoms with Crippen LogP contribution in [0.25, 0.3) is 21.8 Å². The van der Waals surface area contributed by atoms with Gasteiger partial charge >= 0.3 is 0 Å². The normalized spacial score (nSPS) is 13.5. The van der Waals surface area contributed by atoms with Crippen LogP contribution >= 0.6 is 11.3 Å². The van der Waals surface area contributed by atoms with Gasteiger partial charge in [0.2, 0.25) is 5.91 Å². The molecule has 4 rings (SSSR count). The van der Waals surface area contributed by atoms with E-state index in [0.717, 1.165) is 51.0 Å². The molecule has 1 aromatic heterocycles. The van der Waals surface area contributed by atoms with E-state index in [9.17, 15) is 4.79 Å². The third kappa shape index (κ3) is 3.48. The number of carbonyl (C=O) groups is 1. The lowest BCUT2D eigenvalue weighted by molar-refractivity contribution is -0.117. The molecular weight excluding hydrogens is 344 g/mol. The lowest BCUT2D eigenvalue weighted by atomic mass is 10.1. The molecule has 1 saturated carbocycles. The molecule has 0 unspecified atom stereocenters. The van der Waals surface area contributed by atoms with Gasteiger partial charge in [-0.25, -0.2) is 4.98 Å². The molecule has 4 nitrogen and oxygen atoms in total. The highest BCUT2D eigenvalue weighted by Crippen LogP contribution is 2.35. The Morgan fingerprint density at radius 1 is 1.15 bits per heavy atom. The fourth-order valence-electron chi connectivity index (χ4n) is 2.86. The second-order valence-electron chi connectivity index (χ2n) is 6.50. The summed E-state index contributed by atoms with van der Waals surface area (Å²) >= 11 is 1.66. The molecule has 26 heavy (non-hydrogen) atoms. The van der Waals surface area contributed by atoms with Gasteiger partial charge in [0.15, 0.2) is 0 Å². The number of hydrogen-bond donors (Lipinski definition) is 1. The van der Waals surface area contributed by atoms with Crippen molar-refractivity contribution in [2.45, 2.75) is 19.8 Å². The molecule has 5 heteroatoms. The molecule has 1 amide bonds. The van der Waals surface area contributed by atoms with Crippen LogP contribution in [0.3, 0.4) is 0 Å². The van der Waals surface area contributed by atoms with E-state index in [1.807, 2.05) is 48.5 Å². The van der Waals surface area contributed by atoms with Crippen molar-refractivity contribution in [3.8, 4) is 27.6 Å². The molecule has 0 bridgehead atoms. The zero-order valence-electron chi connectivity index (χ0n) is 14.8. The predicted octanol–water partition coefficient (Wildman–Crippen LogP) is 5.14. The SMILES string of the molecule is COc1ccc(-c2nc(-c3cccc(NC(=O)C4CC4)c3)sc2C)cc1. The zero-order valence-corrected chi connectivity index (χ0v) is 15.6. The molecular formula is C21H20N2O2S. The Kier molecular flexibility index (Phi) is 4.47. The molecule has 0 spiro atoms. The van der Waals surface area contributed by atoms with Crippen LogP contribution in [0.1, 0.15) is 17.7 Å². The van der Waals surface area contributed by atoms with Crippen molar-refractivity contribution in [3.05, 3.63) is 53.4 Å². The van der Waals surface area contributed by atoms with Crippen LogP contribution in [-0.2, 0) is 4.79 Å². The average molecular weight is 364 g/mol. The minimum absolute atomic E-state index is 0.122. The highest BCUT2D eigenvalue weighted by molar-refractivity contribution is 7.15. The molecule has 1 aliphatic carbocycles. The van der Waals surface area contributed by atoms with Gasteiger partial charge in [0.25, 0.3) is 0 Å². The number of ether oxygens (including phenoxy) is 1. The van der Waals surface area contributed by atoms with E-state index >= 15 is 0 Å². The van der Waals surface area contributed by atoms with Crippen LogP contribution in [0.2, 0.25) is 0 Å². The monoisotopic (exact) mass is 364 g/mol. The summed E-state index contributed by atoms with van der Waals surface area (Å²) in [5.74, 6) is 1.15. The maximum absolute atomic E-state index is 12.0. The van der Waals surface area contributed by atoms with E-state index in [1.165, 1.54) is 0 Å². The molecule has 132 valence electrons. The lowest BCUT2D eigenvalue weighted by Crippen LogP contribution is -2.13. The number of benzene rings is 2. The first-order valence-corrected chi connectivity index (χ1v) is 9.49. The highest BCUT2D eigenvalue weighted by atomic mass is 32.1. The van der Waals surface area contributed by atoms with E-state index < -0.39 is 0 Å². The summed E-state index contributed by atoms with van der Waals surface area (Å²) in [5, 5.41) is 3.96. The molecule has 0 aliphatic heterocycles.